The second-order valence-corrected chi connectivity index (χ2v) is 2.92. The fourth-order valence-corrected chi connectivity index (χ4v) is 1.48. The minimum absolute atomic E-state index is 0.172. The van der Waals surface area contributed by atoms with Crippen molar-refractivity contribution < 1.29 is 9.47 Å². The van der Waals surface area contributed by atoms with Crippen LogP contribution in [0.15, 0.2) is 4.99 Å². The lowest BCUT2D eigenvalue weighted by molar-refractivity contribution is 0.0452. The van der Waals surface area contributed by atoms with Gasteiger partial charge >= 0.3 is 0 Å². The molecule has 2 aliphatic heterocycles. The fourth-order valence-electron chi connectivity index (χ4n) is 1.48. The Balaban J connectivity index is 1.92. The third-order valence-corrected chi connectivity index (χ3v) is 2.06. The Hall–Kier alpha value is -0.570. The van der Waals surface area contributed by atoms with Crippen LogP contribution in [0.2, 0.25) is 0 Å². The highest BCUT2D eigenvalue weighted by Gasteiger charge is 2.23. The van der Waals surface area contributed by atoms with Crippen molar-refractivity contribution in [1.29, 1.82) is 0 Å². The zero-order chi connectivity index (χ0) is 7.52. The van der Waals surface area contributed by atoms with Crippen LogP contribution >= 0.6 is 0 Å². The van der Waals surface area contributed by atoms with Crippen LogP contribution in [-0.4, -0.2) is 31.8 Å². The molecule has 0 aliphatic carbocycles. The van der Waals surface area contributed by atoms with E-state index in [0.717, 1.165) is 32.1 Å². The van der Waals surface area contributed by atoms with Crippen molar-refractivity contribution >= 4 is 5.90 Å². The molecule has 1 unspecified atom stereocenters. The van der Waals surface area contributed by atoms with E-state index in [1.165, 1.54) is 12.8 Å². The highest BCUT2D eigenvalue weighted by atomic mass is 16.5. The largest absolute Gasteiger partial charge is 0.477 e. The van der Waals surface area contributed by atoms with Crippen molar-refractivity contribution in [1.82, 2.24) is 0 Å². The first-order valence-electron chi connectivity index (χ1n) is 4.25. The van der Waals surface area contributed by atoms with E-state index in [9.17, 15) is 0 Å². The summed E-state index contributed by atoms with van der Waals surface area (Å²) in [6.07, 6.45) is 3.68. The minimum atomic E-state index is 0.172. The standard InChI is InChI=1S/C8H13NO2/c1-2-5-10-7(3-1)8-9-4-6-11-8/h7H,1-6H2. The predicted molar refractivity (Wildman–Crippen MR) is 41.8 cm³/mol. The third kappa shape index (κ3) is 1.53. The normalized spacial score (nSPS) is 31.3. The molecule has 62 valence electrons. The van der Waals surface area contributed by atoms with Gasteiger partial charge in [0, 0.05) is 6.61 Å². The Morgan fingerprint density at radius 2 is 2.27 bits per heavy atom. The van der Waals surface area contributed by atoms with Crippen LogP contribution in [0.3, 0.4) is 0 Å². The Bertz CT molecular complexity index is 161. The Morgan fingerprint density at radius 1 is 1.27 bits per heavy atom. The summed E-state index contributed by atoms with van der Waals surface area (Å²) >= 11 is 0. The first-order chi connectivity index (χ1) is 5.47. The summed E-state index contributed by atoms with van der Waals surface area (Å²) in [5, 5.41) is 0. The van der Waals surface area contributed by atoms with Gasteiger partial charge in [0.2, 0.25) is 5.90 Å². The van der Waals surface area contributed by atoms with Gasteiger partial charge in [-0.05, 0) is 19.3 Å². The fraction of sp³-hybridized carbons (Fsp3) is 0.875. The molecule has 1 fully saturated rings. The van der Waals surface area contributed by atoms with Crippen LogP contribution in [0.1, 0.15) is 19.3 Å². The molecule has 2 aliphatic rings. The second-order valence-electron chi connectivity index (χ2n) is 2.92. The topological polar surface area (TPSA) is 30.8 Å². The van der Waals surface area contributed by atoms with Crippen LogP contribution in [0.4, 0.5) is 0 Å². The molecule has 0 aromatic carbocycles. The van der Waals surface area contributed by atoms with Crippen LogP contribution in [-0.2, 0) is 9.47 Å². The Kier molecular flexibility index (Phi) is 2.08. The maximum Gasteiger partial charge on any atom is 0.213 e. The van der Waals surface area contributed by atoms with Gasteiger partial charge in [0.25, 0.3) is 0 Å². The molecule has 0 spiro atoms. The van der Waals surface area contributed by atoms with Crippen molar-refractivity contribution in [2.24, 2.45) is 4.99 Å². The van der Waals surface area contributed by atoms with E-state index in [-0.39, 0.29) is 6.10 Å². The van der Waals surface area contributed by atoms with Crippen LogP contribution in [0.5, 0.6) is 0 Å². The molecule has 1 atom stereocenters. The number of aliphatic imine (C=N–C) groups is 1. The maximum atomic E-state index is 5.51. The van der Waals surface area contributed by atoms with Gasteiger partial charge in [-0.2, -0.15) is 0 Å². The molecule has 0 saturated carbocycles. The molecular weight excluding hydrogens is 142 g/mol. The Labute approximate surface area is 66.4 Å². The van der Waals surface area contributed by atoms with Gasteiger partial charge in [-0.15, -0.1) is 0 Å². The average molecular weight is 155 g/mol. The first kappa shape index (κ1) is 7.10. The van der Waals surface area contributed by atoms with Gasteiger partial charge in [0.05, 0.1) is 6.54 Å². The molecule has 2 heterocycles. The van der Waals surface area contributed by atoms with E-state index in [4.69, 9.17) is 9.47 Å². The van der Waals surface area contributed by atoms with Crippen LogP contribution in [0.25, 0.3) is 0 Å². The lowest BCUT2D eigenvalue weighted by Gasteiger charge is -2.21. The van der Waals surface area contributed by atoms with Crippen molar-refractivity contribution in [3.63, 3.8) is 0 Å². The highest BCUT2D eigenvalue weighted by Crippen LogP contribution is 2.16. The molecule has 0 radical (unpaired) electrons. The number of hydrogen-bond donors (Lipinski definition) is 0. The van der Waals surface area contributed by atoms with Gasteiger partial charge < -0.3 is 9.47 Å². The van der Waals surface area contributed by atoms with E-state index >= 15 is 0 Å². The summed E-state index contributed by atoms with van der Waals surface area (Å²) < 4.78 is 10.8. The molecule has 0 amide bonds. The number of hydrogen-bond acceptors (Lipinski definition) is 3. The van der Waals surface area contributed by atoms with E-state index in [2.05, 4.69) is 4.99 Å². The molecule has 0 bridgehead atoms. The zero-order valence-corrected chi connectivity index (χ0v) is 6.58. The number of rotatable bonds is 1. The summed E-state index contributed by atoms with van der Waals surface area (Å²) in [5.74, 6) is 0.838. The number of ether oxygens (including phenoxy) is 2. The lowest BCUT2D eigenvalue weighted by Crippen LogP contribution is -2.28. The zero-order valence-electron chi connectivity index (χ0n) is 6.58. The van der Waals surface area contributed by atoms with E-state index in [1.807, 2.05) is 0 Å². The SMILES string of the molecule is C1CCC(C2=NCCO2)OC1. The summed E-state index contributed by atoms with van der Waals surface area (Å²) in [6.45, 7) is 2.43. The quantitative estimate of drug-likeness (QED) is 0.565. The molecule has 1 saturated heterocycles. The van der Waals surface area contributed by atoms with Crippen LogP contribution in [0, 0.1) is 0 Å². The number of nitrogens with zero attached hydrogens (tertiary/aromatic N) is 1. The Morgan fingerprint density at radius 3 is 2.91 bits per heavy atom. The summed E-state index contributed by atoms with van der Waals surface area (Å²) in [6, 6.07) is 0. The lowest BCUT2D eigenvalue weighted by atomic mass is 10.1. The molecule has 0 aromatic heterocycles. The van der Waals surface area contributed by atoms with Gasteiger partial charge in [0.15, 0.2) is 0 Å². The molecular formula is C8H13NO2. The van der Waals surface area contributed by atoms with E-state index in [0.29, 0.717) is 0 Å². The smallest absolute Gasteiger partial charge is 0.213 e. The molecule has 0 aromatic rings. The molecule has 11 heavy (non-hydrogen) atoms. The first-order valence-corrected chi connectivity index (χ1v) is 4.25. The van der Waals surface area contributed by atoms with Gasteiger partial charge in [-0.25, -0.2) is 4.99 Å². The predicted octanol–water partition coefficient (Wildman–Crippen LogP) is 0.984. The van der Waals surface area contributed by atoms with E-state index < -0.39 is 0 Å². The maximum absolute atomic E-state index is 5.51. The molecule has 3 nitrogen and oxygen atoms in total. The van der Waals surface area contributed by atoms with Crippen LogP contribution < -0.4 is 0 Å². The molecule has 3 heteroatoms. The van der Waals surface area contributed by atoms with Crippen molar-refractivity contribution in [2.45, 2.75) is 25.4 Å². The van der Waals surface area contributed by atoms with E-state index in [1.54, 1.807) is 0 Å². The summed E-state index contributed by atoms with van der Waals surface area (Å²) in [5.41, 5.74) is 0. The van der Waals surface area contributed by atoms with Gasteiger partial charge in [-0.1, -0.05) is 0 Å². The summed E-state index contributed by atoms with van der Waals surface area (Å²) in [7, 11) is 0. The third-order valence-electron chi connectivity index (χ3n) is 2.06. The highest BCUT2D eigenvalue weighted by molar-refractivity contribution is 5.82. The summed E-state index contributed by atoms with van der Waals surface area (Å²) in [4.78, 5) is 4.23. The van der Waals surface area contributed by atoms with Crippen molar-refractivity contribution in [3.8, 4) is 0 Å². The van der Waals surface area contributed by atoms with Gasteiger partial charge in [-0.3, -0.25) is 0 Å². The van der Waals surface area contributed by atoms with Crippen molar-refractivity contribution in [2.75, 3.05) is 19.8 Å². The van der Waals surface area contributed by atoms with Crippen molar-refractivity contribution in [3.05, 3.63) is 0 Å². The molecule has 2 rings (SSSR count). The monoisotopic (exact) mass is 155 g/mol. The van der Waals surface area contributed by atoms with Gasteiger partial charge in [0.1, 0.15) is 12.7 Å². The minimum Gasteiger partial charge on any atom is -0.477 e. The second kappa shape index (κ2) is 3.22. The average Bonchev–Trinajstić information content (AvgIpc) is 2.58. The molecule has 0 N–H and O–H groups in total.